The topological polar surface area (TPSA) is 54.0 Å². The van der Waals surface area contributed by atoms with Crippen LogP contribution in [0.4, 0.5) is 0 Å². The van der Waals surface area contributed by atoms with E-state index in [1.54, 1.807) is 6.92 Å². The predicted octanol–water partition coefficient (Wildman–Crippen LogP) is 0.619. The molecule has 0 atom stereocenters. The van der Waals surface area contributed by atoms with Crippen LogP contribution in [0, 0.1) is 0 Å². The Kier molecular flexibility index (Phi) is 10.9. The highest BCUT2D eigenvalue weighted by Gasteiger charge is 2.00. The van der Waals surface area contributed by atoms with Gasteiger partial charge in [0.2, 0.25) is 0 Å². The Hall–Kier alpha value is -0.650. The molecule has 0 aliphatic carbocycles. The molecule has 0 aromatic carbocycles. The minimum atomic E-state index is -0.341. The lowest BCUT2D eigenvalue weighted by molar-refractivity contribution is -0.148. The quantitative estimate of drug-likeness (QED) is 0.399. The maximum absolute atomic E-state index is 10.8. The molecule has 0 amide bonds. The third-order valence-electron chi connectivity index (χ3n) is 1.47. The number of rotatable bonds is 10. The van der Waals surface area contributed by atoms with Crippen molar-refractivity contribution in [1.29, 1.82) is 0 Å². The average Bonchev–Trinajstić information content (AvgIpc) is 2.22. The Bertz CT molecular complexity index is 149. The highest BCUT2D eigenvalue weighted by molar-refractivity contribution is 5.70. The summed E-state index contributed by atoms with van der Waals surface area (Å²) in [4.78, 5) is 10.8. The first kappa shape index (κ1) is 14.3. The van der Waals surface area contributed by atoms with Gasteiger partial charge < -0.3 is 18.9 Å². The van der Waals surface area contributed by atoms with E-state index in [2.05, 4.69) is 4.74 Å². The van der Waals surface area contributed by atoms with Crippen LogP contribution >= 0.6 is 0 Å². The number of carbonyl (C=O) groups is 1. The smallest absolute Gasteiger partial charge is 0.332 e. The molecule has 0 bridgehead atoms. The third-order valence-corrected chi connectivity index (χ3v) is 1.47. The molecule has 0 fully saturated rings. The molecule has 5 nitrogen and oxygen atoms in total. The highest BCUT2D eigenvalue weighted by Crippen LogP contribution is 1.83. The van der Waals surface area contributed by atoms with Crippen molar-refractivity contribution >= 4 is 5.97 Å². The van der Waals surface area contributed by atoms with Gasteiger partial charge in [-0.05, 0) is 13.8 Å². The van der Waals surface area contributed by atoms with Gasteiger partial charge >= 0.3 is 5.97 Å². The van der Waals surface area contributed by atoms with Gasteiger partial charge in [0, 0.05) is 6.61 Å². The Morgan fingerprint density at radius 1 is 0.867 bits per heavy atom. The van der Waals surface area contributed by atoms with Gasteiger partial charge in [0.1, 0.15) is 6.61 Å². The van der Waals surface area contributed by atoms with Gasteiger partial charge in [-0.15, -0.1) is 0 Å². The molecule has 0 N–H and O–H groups in total. The first-order chi connectivity index (χ1) is 7.31. The predicted molar refractivity (Wildman–Crippen MR) is 54.8 cm³/mol. The van der Waals surface area contributed by atoms with Crippen molar-refractivity contribution in [3.05, 3.63) is 0 Å². The highest BCUT2D eigenvalue weighted by atomic mass is 16.6. The van der Waals surface area contributed by atoms with E-state index in [1.165, 1.54) is 0 Å². The third kappa shape index (κ3) is 11.3. The van der Waals surface area contributed by atoms with Gasteiger partial charge in [-0.3, -0.25) is 0 Å². The van der Waals surface area contributed by atoms with E-state index in [1.807, 2.05) is 6.92 Å². The van der Waals surface area contributed by atoms with Gasteiger partial charge in [-0.1, -0.05) is 0 Å². The maximum atomic E-state index is 10.8. The number of hydrogen-bond donors (Lipinski definition) is 0. The summed E-state index contributed by atoms with van der Waals surface area (Å²) in [6.45, 7) is 6.76. The Morgan fingerprint density at radius 2 is 1.47 bits per heavy atom. The first-order valence-corrected chi connectivity index (χ1v) is 5.20. The van der Waals surface area contributed by atoms with Crippen molar-refractivity contribution in [2.24, 2.45) is 0 Å². The van der Waals surface area contributed by atoms with E-state index in [0.717, 1.165) is 0 Å². The summed E-state index contributed by atoms with van der Waals surface area (Å²) in [5.41, 5.74) is 0. The molecule has 0 saturated heterocycles. The number of hydrogen-bond acceptors (Lipinski definition) is 5. The normalized spacial score (nSPS) is 10.3. The molecular formula is C10H20O5. The van der Waals surface area contributed by atoms with Crippen molar-refractivity contribution in [2.45, 2.75) is 13.8 Å². The zero-order chi connectivity index (χ0) is 11.4. The SMILES string of the molecule is CCOCCOCCOCC(=O)OCC. The van der Waals surface area contributed by atoms with Crippen molar-refractivity contribution in [3.63, 3.8) is 0 Å². The van der Waals surface area contributed by atoms with Gasteiger partial charge in [0.15, 0.2) is 0 Å². The Labute approximate surface area is 90.6 Å². The van der Waals surface area contributed by atoms with Gasteiger partial charge in [0.05, 0.1) is 33.0 Å². The summed E-state index contributed by atoms with van der Waals surface area (Å²) < 4.78 is 19.9. The fourth-order valence-electron chi connectivity index (χ4n) is 0.840. The van der Waals surface area contributed by atoms with Crippen LogP contribution in [0.3, 0.4) is 0 Å². The van der Waals surface area contributed by atoms with Crippen LogP contribution in [0.2, 0.25) is 0 Å². The zero-order valence-corrected chi connectivity index (χ0v) is 9.49. The lowest BCUT2D eigenvalue weighted by Gasteiger charge is -2.05. The molecule has 0 unspecified atom stereocenters. The monoisotopic (exact) mass is 220 g/mol. The molecule has 0 aromatic heterocycles. The summed E-state index contributed by atoms with van der Waals surface area (Å²) in [5.74, 6) is -0.341. The molecule has 15 heavy (non-hydrogen) atoms. The van der Waals surface area contributed by atoms with Crippen molar-refractivity contribution < 1.29 is 23.7 Å². The lowest BCUT2D eigenvalue weighted by atomic mass is 10.7. The van der Waals surface area contributed by atoms with E-state index in [0.29, 0.717) is 39.6 Å². The van der Waals surface area contributed by atoms with Gasteiger partial charge in [-0.25, -0.2) is 4.79 Å². The molecule has 0 radical (unpaired) electrons. The van der Waals surface area contributed by atoms with Crippen molar-refractivity contribution in [2.75, 3.05) is 46.2 Å². The average molecular weight is 220 g/mol. The molecule has 0 saturated carbocycles. The van der Waals surface area contributed by atoms with Gasteiger partial charge in [0.25, 0.3) is 0 Å². The van der Waals surface area contributed by atoms with E-state index in [9.17, 15) is 4.79 Å². The standard InChI is InChI=1S/C10H20O5/c1-3-12-5-6-13-7-8-14-9-10(11)15-4-2/h3-9H2,1-2H3. The molecule has 5 heteroatoms. The van der Waals surface area contributed by atoms with Crippen LogP contribution in [0.25, 0.3) is 0 Å². The Morgan fingerprint density at radius 3 is 2.07 bits per heavy atom. The van der Waals surface area contributed by atoms with Crippen molar-refractivity contribution in [1.82, 2.24) is 0 Å². The van der Waals surface area contributed by atoms with Crippen LogP contribution in [-0.4, -0.2) is 52.2 Å². The molecule has 0 spiro atoms. The second-order valence-corrected chi connectivity index (χ2v) is 2.67. The minimum absolute atomic E-state index is 0.0112. The second-order valence-electron chi connectivity index (χ2n) is 2.67. The number of carbonyl (C=O) groups excluding carboxylic acids is 1. The second kappa shape index (κ2) is 11.4. The molecule has 90 valence electrons. The van der Waals surface area contributed by atoms with Crippen molar-refractivity contribution in [3.8, 4) is 0 Å². The molecular weight excluding hydrogens is 200 g/mol. The van der Waals surface area contributed by atoms with E-state index in [-0.39, 0.29) is 12.6 Å². The van der Waals surface area contributed by atoms with E-state index < -0.39 is 0 Å². The molecule has 0 rings (SSSR count). The maximum Gasteiger partial charge on any atom is 0.332 e. The minimum Gasteiger partial charge on any atom is -0.464 e. The number of ether oxygens (including phenoxy) is 4. The fraction of sp³-hybridized carbons (Fsp3) is 0.900. The summed E-state index contributed by atoms with van der Waals surface area (Å²) in [6.07, 6.45) is 0. The fourth-order valence-corrected chi connectivity index (χ4v) is 0.840. The van der Waals surface area contributed by atoms with Crippen LogP contribution in [0.1, 0.15) is 13.8 Å². The molecule has 0 aromatic rings. The number of esters is 1. The molecule has 0 aliphatic heterocycles. The van der Waals surface area contributed by atoms with Crippen LogP contribution in [0.15, 0.2) is 0 Å². The van der Waals surface area contributed by atoms with Crippen LogP contribution in [0.5, 0.6) is 0 Å². The summed E-state index contributed by atoms with van der Waals surface area (Å²) in [7, 11) is 0. The largest absolute Gasteiger partial charge is 0.464 e. The van der Waals surface area contributed by atoms with Crippen LogP contribution < -0.4 is 0 Å². The molecule has 0 aliphatic rings. The molecule has 0 heterocycles. The van der Waals surface area contributed by atoms with Gasteiger partial charge in [-0.2, -0.15) is 0 Å². The lowest BCUT2D eigenvalue weighted by Crippen LogP contribution is -2.15. The summed E-state index contributed by atoms with van der Waals surface area (Å²) >= 11 is 0. The first-order valence-electron chi connectivity index (χ1n) is 5.20. The van der Waals surface area contributed by atoms with Crippen LogP contribution in [-0.2, 0) is 23.7 Å². The van der Waals surface area contributed by atoms with E-state index in [4.69, 9.17) is 14.2 Å². The van der Waals surface area contributed by atoms with E-state index >= 15 is 0 Å². The zero-order valence-electron chi connectivity index (χ0n) is 9.49. The Balaban J connectivity index is 3.01. The summed E-state index contributed by atoms with van der Waals surface area (Å²) in [6, 6.07) is 0. The summed E-state index contributed by atoms with van der Waals surface area (Å²) in [5, 5.41) is 0.